The predicted octanol–water partition coefficient (Wildman–Crippen LogP) is 2.76. The lowest BCUT2D eigenvalue weighted by Crippen LogP contribution is -2.25. The van der Waals surface area contributed by atoms with E-state index < -0.39 is 0 Å². The number of hydrogen-bond acceptors (Lipinski definition) is 3. The molecule has 3 rings (SSSR count). The summed E-state index contributed by atoms with van der Waals surface area (Å²) in [5.41, 5.74) is 1.63. The van der Waals surface area contributed by atoms with Crippen molar-refractivity contribution in [2.45, 2.75) is 19.9 Å². The van der Waals surface area contributed by atoms with Gasteiger partial charge in [0.05, 0.1) is 0 Å². The first-order chi connectivity index (χ1) is 10.3. The number of nitrogens with zero attached hydrogens (tertiary/aromatic N) is 2. The number of nitrogens with one attached hydrogen (secondary N) is 1. The van der Waals surface area contributed by atoms with Crippen molar-refractivity contribution in [2.75, 3.05) is 6.54 Å². The third-order valence-corrected chi connectivity index (χ3v) is 3.46. The van der Waals surface area contributed by atoms with E-state index >= 15 is 0 Å². The lowest BCUT2D eigenvalue weighted by Gasteiger charge is -2.04. The quantitative estimate of drug-likeness (QED) is 0.732. The summed E-state index contributed by atoms with van der Waals surface area (Å²) in [7, 11) is 0. The van der Waals surface area contributed by atoms with Crippen molar-refractivity contribution in [1.29, 1.82) is 0 Å². The van der Waals surface area contributed by atoms with Crippen LogP contribution in [0.5, 0.6) is 0 Å². The molecule has 0 bridgehead atoms. The molecule has 0 atom stereocenters. The Morgan fingerprint density at radius 2 is 2.19 bits per heavy atom. The number of hydrogen-bond donors (Lipinski definition) is 1. The second-order valence-electron chi connectivity index (χ2n) is 4.93. The summed E-state index contributed by atoms with van der Waals surface area (Å²) in [6.45, 7) is 3.28. The van der Waals surface area contributed by atoms with Gasteiger partial charge in [-0.1, -0.05) is 18.2 Å². The molecule has 0 aliphatic carbocycles. The Hall–Kier alpha value is -2.56. The Morgan fingerprint density at radius 3 is 2.95 bits per heavy atom. The maximum atomic E-state index is 12.2. The van der Waals surface area contributed by atoms with Crippen LogP contribution in [0.4, 0.5) is 0 Å². The van der Waals surface area contributed by atoms with Crippen LogP contribution >= 0.6 is 0 Å². The minimum absolute atomic E-state index is 0.163. The third-order valence-electron chi connectivity index (χ3n) is 3.46. The fourth-order valence-electron chi connectivity index (χ4n) is 2.35. The van der Waals surface area contributed by atoms with Crippen molar-refractivity contribution < 1.29 is 9.21 Å². The number of benzene rings is 1. The van der Waals surface area contributed by atoms with Gasteiger partial charge in [-0.05, 0) is 25.5 Å². The molecule has 0 aliphatic heterocycles. The van der Waals surface area contributed by atoms with Crippen molar-refractivity contribution in [3.63, 3.8) is 0 Å². The summed E-state index contributed by atoms with van der Waals surface area (Å²) < 4.78 is 7.48. The van der Waals surface area contributed by atoms with Gasteiger partial charge in [-0.25, -0.2) is 0 Å². The summed E-state index contributed by atoms with van der Waals surface area (Å²) in [4.78, 5) is 12.2. The summed E-state index contributed by atoms with van der Waals surface area (Å²) in [5.74, 6) is 0.236. The summed E-state index contributed by atoms with van der Waals surface area (Å²) >= 11 is 0. The van der Waals surface area contributed by atoms with E-state index in [1.165, 1.54) is 0 Å². The SMILES string of the molecule is Cc1c(C(=O)NCCCn2cccn2)oc2ccccc12. The number of furan rings is 1. The molecule has 0 radical (unpaired) electrons. The van der Waals surface area contributed by atoms with Crippen molar-refractivity contribution in [3.8, 4) is 0 Å². The van der Waals surface area contributed by atoms with E-state index in [0.29, 0.717) is 12.3 Å². The second-order valence-corrected chi connectivity index (χ2v) is 4.93. The van der Waals surface area contributed by atoms with E-state index in [4.69, 9.17) is 4.42 Å². The second kappa shape index (κ2) is 5.83. The Bertz CT molecular complexity index is 744. The zero-order valence-electron chi connectivity index (χ0n) is 11.9. The molecule has 5 heteroatoms. The highest BCUT2D eigenvalue weighted by atomic mass is 16.3. The maximum absolute atomic E-state index is 12.2. The standard InChI is InChI=1S/C16H17N3O2/c1-12-13-6-2-3-7-14(13)21-15(12)16(20)17-8-4-10-19-11-5-9-18-19/h2-3,5-7,9,11H,4,8,10H2,1H3,(H,17,20). The topological polar surface area (TPSA) is 60.1 Å². The van der Waals surface area contributed by atoms with Crippen LogP contribution in [0.2, 0.25) is 0 Å². The minimum Gasteiger partial charge on any atom is -0.451 e. The predicted molar refractivity (Wildman–Crippen MR) is 80.1 cm³/mol. The molecule has 5 nitrogen and oxygen atoms in total. The van der Waals surface area contributed by atoms with Crippen LogP contribution in [0.25, 0.3) is 11.0 Å². The highest BCUT2D eigenvalue weighted by Crippen LogP contribution is 2.24. The van der Waals surface area contributed by atoms with Gasteiger partial charge in [-0.15, -0.1) is 0 Å². The van der Waals surface area contributed by atoms with Crippen LogP contribution in [0, 0.1) is 6.92 Å². The highest BCUT2D eigenvalue weighted by Gasteiger charge is 2.16. The van der Waals surface area contributed by atoms with Crippen molar-refractivity contribution in [3.05, 3.63) is 54.0 Å². The van der Waals surface area contributed by atoms with Gasteiger partial charge in [0.1, 0.15) is 5.58 Å². The summed E-state index contributed by atoms with van der Waals surface area (Å²) in [6, 6.07) is 9.56. The molecule has 0 unspecified atom stereocenters. The van der Waals surface area contributed by atoms with Crippen LogP contribution in [0.1, 0.15) is 22.5 Å². The Balaban J connectivity index is 1.60. The van der Waals surface area contributed by atoms with Crippen LogP contribution in [0.3, 0.4) is 0 Å². The summed E-state index contributed by atoms with van der Waals surface area (Å²) in [6.07, 6.45) is 4.48. The number of rotatable bonds is 5. The number of para-hydroxylation sites is 1. The Labute approximate surface area is 122 Å². The molecule has 2 heterocycles. The number of aromatic nitrogens is 2. The lowest BCUT2D eigenvalue weighted by molar-refractivity contribution is 0.0926. The summed E-state index contributed by atoms with van der Waals surface area (Å²) in [5, 5.41) is 7.99. The van der Waals surface area contributed by atoms with Crippen molar-refractivity contribution in [2.24, 2.45) is 0 Å². The van der Waals surface area contributed by atoms with E-state index in [1.807, 2.05) is 48.1 Å². The minimum atomic E-state index is -0.163. The third kappa shape index (κ3) is 2.81. The van der Waals surface area contributed by atoms with Crippen LogP contribution in [0.15, 0.2) is 47.1 Å². The highest BCUT2D eigenvalue weighted by molar-refractivity contribution is 5.98. The van der Waals surface area contributed by atoms with E-state index in [9.17, 15) is 4.79 Å². The first kappa shape index (κ1) is 13.4. The Morgan fingerprint density at radius 1 is 1.33 bits per heavy atom. The average molecular weight is 283 g/mol. The Kier molecular flexibility index (Phi) is 3.73. The fourth-order valence-corrected chi connectivity index (χ4v) is 2.35. The van der Waals surface area contributed by atoms with Crippen molar-refractivity contribution >= 4 is 16.9 Å². The lowest BCUT2D eigenvalue weighted by atomic mass is 10.1. The zero-order chi connectivity index (χ0) is 14.7. The van der Waals surface area contributed by atoms with E-state index in [0.717, 1.165) is 29.5 Å². The molecule has 0 fully saturated rings. The van der Waals surface area contributed by atoms with Crippen LogP contribution < -0.4 is 5.32 Å². The molecule has 108 valence electrons. The van der Waals surface area contributed by atoms with Crippen LogP contribution in [-0.2, 0) is 6.54 Å². The fraction of sp³-hybridized carbons (Fsp3) is 0.250. The van der Waals surface area contributed by atoms with E-state index in [-0.39, 0.29) is 5.91 Å². The number of aryl methyl sites for hydroxylation is 2. The van der Waals surface area contributed by atoms with Crippen LogP contribution in [-0.4, -0.2) is 22.2 Å². The van der Waals surface area contributed by atoms with Gasteiger partial charge in [-0.2, -0.15) is 5.10 Å². The first-order valence-electron chi connectivity index (χ1n) is 6.99. The number of carbonyl (C=O) groups excluding carboxylic acids is 1. The van der Waals surface area contributed by atoms with Gasteiger partial charge < -0.3 is 9.73 Å². The number of amides is 1. The van der Waals surface area contributed by atoms with Gasteiger partial charge in [-0.3, -0.25) is 9.48 Å². The van der Waals surface area contributed by atoms with Gasteiger partial charge >= 0.3 is 0 Å². The smallest absolute Gasteiger partial charge is 0.287 e. The number of fused-ring (bicyclic) bond motifs is 1. The largest absolute Gasteiger partial charge is 0.451 e. The zero-order valence-corrected chi connectivity index (χ0v) is 11.9. The molecular formula is C16H17N3O2. The molecule has 1 amide bonds. The van der Waals surface area contributed by atoms with E-state index in [1.54, 1.807) is 6.20 Å². The monoisotopic (exact) mass is 283 g/mol. The average Bonchev–Trinajstić information content (AvgIpc) is 3.12. The molecule has 0 aliphatic rings. The maximum Gasteiger partial charge on any atom is 0.287 e. The molecular weight excluding hydrogens is 266 g/mol. The van der Waals surface area contributed by atoms with Crippen molar-refractivity contribution in [1.82, 2.24) is 15.1 Å². The molecule has 0 spiro atoms. The molecule has 1 N–H and O–H groups in total. The van der Waals surface area contributed by atoms with Gasteiger partial charge in [0.2, 0.25) is 0 Å². The first-order valence-corrected chi connectivity index (χ1v) is 6.99. The molecule has 1 aromatic carbocycles. The molecule has 21 heavy (non-hydrogen) atoms. The van der Waals surface area contributed by atoms with E-state index in [2.05, 4.69) is 10.4 Å². The molecule has 3 aromatic rings. The number of carbonyl (C=O) groups is 1. The van der Waals surface area contributed by atoms with Gasteiger partial charge in [0, 0.05) is 36.4 Å². The van der Waals surface area contributed by atoms with Gasteiger partial charge in [0.25, 0.3) is 5.91 Å². The normalized spacial score (nSPS) is 10.9. The molecule has 0 saturated carbocycles. The van der Waals surface area contributed by atoms with Gasteiger partial charge in [0.15, 0.2) is 5.76 Å². The molecule has 2 aromatic heterocycles. The molecule has 0 saturated heterocycles.